The van der Waals surface area contributed by atoms with E-state index in [4.69, 9.17) is 0 Å². The van der Waals surface area contributed by atoms with Crippen LogP contribution >= 0.6 is 0 Å². The van der Waals surface area contributed by atoms with Crippen LogP contribution in [0.1, 0.15) is 46.5 Å². The molecule has 3 unspecified atom stereocenters. The Morgan fingerprint density at radius 3 is 2.60 bits per heavy atom. The maximum Gasteiger partial charge on any atom is 0.110 e. The summed E-state index contributed by atoms with van der Waals surface area (Å²) in [7, 11) is 2.52. The van der Waals surface area contributed by atoms with Gasteiger partial charge in [0.2, 0.25) is 0 Å². The fourth-order valence-corrected chi connectivity index (χ4v) is 3.45. The van der Waals surface area contributed by atoms with Crippen LogP contribution < -0.4 is 5.32 Å². The van der Waals surface area contributed by atoms with Crippen LogP contribution in [-0.4, -0.2) is 20.9 Å². The van der Waals surface area contributed by atoms with Crippen LogP contribution in [0.25, 0.3) is 0 Å². The van der Waals surface area contributed by atoms with Gasteiger partial charge in [-0.1, -0.05) is 38.9 Å². The Labute approximate surface area is 95.8 Å². The quantitative estimate of drug-likeness (QED) is 0.600. The molecule has 1 nitrogen and oxygen atoms in total. The van der Waals surface area contributed by atoms with Crippen molar-refractivity contribution in [2.75, 3.05) is 13.1 Å². The second-order valence-electron chi connectivity index (χ2n) is 7.07. The third kappa shape index (κ3) is 2.11. The minimum atomic E-state index is 0.475. The standard InChI is InChI=1S/C13H26BN/c1-12(2,3)13(14)6-4-11-9-15-7-5-10(11)8-13/h10-11,15H,4-9,14H2,1-3H3. The third-order valence-electron chi connectivity index (χ3n) is 5.36. The van der Waals surface area contributed by atoms with Crippen molar-refractivity contribution in [3.63, 3.8) is 0 Å². The Hall–Kier alpha value is 0.0249. The van der Waals surface area contributed by atoms with Crippen molar-refractivity contribution >= 4 is 7.85 Å². The summed E-state index contributed by atoms with van der Waals surface area (Å²) in [5, 5.41) is 4.12. The second kappa shape index (κ2) is 3.80. The van der Waals surface area contributed by atoms with Crippen molar-refractivity contribution < 1.29 is 0 Å². The molecule has 0 amide bonds. The highest BCUT2D eigenvalue weighted by Gasteiger charge is 2.44. The molecule has 0 radical (unpaired) electrons. The lowest BCUT2D eigenvalue weighted by molar-refractivity contribution is 0.0928. The summed E-state index contributed by atoms with van der Waals surface area (Å²) in [6.07, 6.45) is 5.75. The van der Waals surface area contributed by atoms with Crippen molar-refractivity contribution in [2.45, 2.75) is 51.8 Å². The van der Waals surface area contributed by atoms with Crippen molar-refractivity contribution in [3.05, 3.63) is 0 Å². The van der Waals surface area contributed by atoms with Crippen LogP contribution in [-0.2, 0) is 0 Å². The van der Waals surface area contributed by atoms with Crippen molar-refractivity contribution in [1.29, 1.82) is 0 Å². The molecule has 2 rings (SSSR count). The van der Waals surface area contributed by atoms with Gasteiger partial charge < -0.3 is 5.32 Å². The van der Waals surface area contributed by atoms with Gasteiger partial charge in [-0.05, 0) is 43.2 Å². The first-order valence-corrected chi connectivity index (χ1v) is 6.63. The molecular formula is C13H26BN. The topological polar surface area (TPSA) is 12.0 Å². The van der Waals surface area contributed by atoms with E-state index in [1.54, 1.807) is 0 Å². The SMILES string of the molecule is BC1(C(C)(C)C)CCC2CNCCC2C1. The molecule has 0 spiro atoms. The molecule has 1 aliphatic carbocycles. The number of hydrogen-bond acceptors (Lipinski definition) is 1. The number of piperidine rings is 1. The molecule has 0 aromatic carbocycles. The van der Waals surface area contributed by atoms with E-state index in [1.807, 2.05) is 0 Å². The average Bonchev–Trinajstić information content (AvgIpc) is 2.16. The van der Waals surface area contributed by atoms with Crippen molar-refractivity contribution in [2.24, 2.45) is 17.3 Å². The minimum absolute atomic E-state index is 0.475. The van der Waals surface area contributed by atoms with Gasteiger partial charge in [-0.3, -0.25) is 0 Å². The summed E-state index contributed by atoms with van der Waals surface area (Å²) in [4.78, 5) is 0. The van der Waals surface area contributed by atoms with Gasteiger partial charge in [0.1, 0.15) is 7.85 Å². The largest absolute Gasteiger partial charge is 0.316 e. The summed E-state index contributed by atoms with van der Waals surface area (Å²) < 4.78 is 0. The Balaban J connectivity index is 2.07. The van der Waals surface area contributed by atoms with Gasteiger partial charge in [-0.2, -0.15) is 0 Å². The molecule has 1 aliphatic heterocycles. The number of rotatable bonds is 0. The molecule has 0 aromatic rings. The molecule has 1 saturated heterocycles. The molecule has 2 fully saturated rings. The average molecular weight is 207 g/mol. The fourth-order valence-electron chi connectivity index (χ4n) is 3.45. The molecule has 15 heavy (non-hydrogen) atoms. The molecule has 1 saturated carbocycles. The zero-order valence-corrected chi connectivity index (χ0v) is 10.9. The van der Waals surface area contributed by atoms with E-state index < -0.39 is 0 Å². The molecule has 0 aromatic heterocycles. The minimum Gasteiger partial charge on any atom is -0.316 e. The zero-order chi connectivity index (χ0) is 11.1. The van der Waals surface area contributed by atoms with Crippen LogP contribution in [0.15, 0.2) is 0 Å². The van der Waals surface area contributed by atoms with Crippen LogP contribution in [0.4, 0.5) is 0 Å². The highest BCUT2D eigenvalue weighted by molar-refractivity contribution is 6.15. The molecule has 0 bridgehead atoms. The first-order chi connectivity index (χ1) is 6.92. The number of fused-ring (bicyclic) bond motifs is 1. The lowest BCUT2D eigenvalue weighted by Crippen LogP contribution is -2.44. The molecule has 3 atom stereocenters. The third-order valence-corrected chi connectivity index (χ3v) is 5.36. The summed E-state index contributed by atoms with van der Waals surface area (Å²) in [5.41, 5.74) is 0.475. The molecule has 2 aliphatic rings. The molecular weight excluding hydrogens is 181 g/mol. The normalized spacial score (nSPS) is 42.3. The van der Waals surface area contributed by atoms with Gasteiger partial charge in [0.25, 0.3) is 0 Å². The molecule has 1 heterocycles. The predicted octanol–water partition coefficient (Wildman–Crippen LogP) is 2.23. The highest BCUT2D eigenvalue weighted by atomic mass is 14.9. The Kier molecular flexibility index (Phi) is 2.91. The maximum absolute atomic E-state index is 3.55. The first-order valence-electron chi connectivity index (χ1n) is 6.63. The van der Waals surface area contributed by atoms with Gasteiger partial charge in [0.05, 0.1) is 0 Å². The van der Waals surface area contributed by atoms with Crippen LogP contribution in [0.3, 0.4) is 0 Å². The molecule has 86 valence electrons. The Morgan fingerprint density at radius 2 is 1.93 bits per heavy atom. The van der Waals surface area contributed by atoms with Crippen LogP contribution in [0.2, 0.25) is 5.31 Å². The summed E-state index contributed by atoms with van der Waals surface area (Å²) in [6, 6.07) is 0. The van der Waals surface area contributed by atoms with Gasteiger partial charge in [-0.15, -0.1) is 0 Å². The summed E-state index contributed by atoms with van der Waals surface area (Å²) >= 11 is 0. The zero-order valence-electron chi connectivity index (χ0n) is 10.9. The smallest absolute Gasteiger partial charge is 0.110 e. The van der Waals surface area contributed by atoms with E-state index in [2.05, 4.69) is 33.9 Å². The molecule has 1 N–H and O–H groups in total. The highest BCUT2D eigenvalue weighted by Crippen LogP contribution is 2.56. The van der Waals surface area contributed by atoms with E-state index in [0.717, 1.165) is 11.8 Å². The van der Waals surface area contributed by atoms with E-state index in [9.17, 15) is 0 Å². The van der Waals surface area contributed by atoms with E-state index >= 15 is 0 Å². The Morgan fingerprint density at radius 1 is 1.20 bits per heavy atom. The lowest BCUT2D eigenvalue weighted by atomic mass is 9.45. The van der Waals surface area contributed by atoms with Gasteiger partial charge >= 0.3 is 0 Å². The number of hydrogen-bond donors (Lipinski definition) is 1. The lowest BCUT2D eigenvalue weighted by Gasteiger charge is -2.51. The van der Waals surface area contributed by atoms with Crippen LogP contribution in [0, 0.1) is 17.3 Å². The van der Waals surface area contributed by atoms with Crippen molar-refractivity contribution in [3.8, 4) is 0 Å². The van der Waals surface area contributed by atoms with Gasteiger partial charge in [-0.25, -0.2) is 0 Å². The monoisotopic (exact) mass is 207 g/mol. The van der Waals surface area contributed by atoms with E-state index in [0.29, 0.717) is 10.7 Å². The first kappa shape index (κ1) is 11.5. The second-order valence-corrected chi connectivity index (χ2v) is 7.07. The van der Waals surface area contributed by atoms with Crippen molar-refractivity contribution in [1.82, 2.24) is 5.32 Å². The fraction of sp³-hybridized carbons (Fsp3) is 1.00. The van der Waals surface area contributed by atoms with Gasteiger partial charge in [0.15, 0.2) is 0 Å². The van der Waals surface area contributed by atoms with Crippen LogP contribution in [0.5, 0.6) is 0 Å². The maximum atomic E-state index is 3.55. The van der Waals surface area contributed by atoms with Gasteiger partial charge in [0, 0.05) is 0 Å². The predicted molar refractivity (Wildman–Crippen MR) is 69.0 cm³/mol. The van der Waals surface area contributed by atoms with E-state index in [1.165, 1.54) is 38.8 Å². The molecule has 2 heteroatoms. The van der Waals surface area contributed by atoms with E-state index in [-0.39, 0.29) is 0 Å². The Bertz CT molecular complexity index is 233. The summed E-state index contributed by atoms with van der Waals surface area (Å²) in [5.74, 6) is 1.98. The summed E-state index contributed by atoms with van der Waals surface area (Å²) in [6.45, 7) is 9.81. The number of nitrogens with one attached hydrogen (secondary N) is 1.